The predicted molar refractivity (Wildman–Crippen MR) is 28.0 cm³/mol. The second kappa shape index (κ2) is 3.61. The van der Waals surface area contributed by atoms with Gasteiger partial charge in [-0.15, -0.1) is 0 Å². The molecule has 0 saturated carbocycles. The summed E-state index contributed by atoms with van der Waals surface area (Å²) in [6.45, 7) is 1.42. The van der Waals surface area contributed by atoms with E-state index in [2.05, 4.69) is 0 Å². The Labute approximate surface area is 43.1 Å². The Morgan fingerprint density at radius 1 is 1.86 bits per heavy atom. The molecule has 0 aromatic heterocycles. The summed E-state index contributed by atoms with van der Waals surface area (Å²) >= 11 is 0. The smallest absolute Gasteiger partial charge is 0.320 e. The summed E-state index contributed by atoms with van der Waals surface area (Å²) in [5.74, 6) is -0.963. The maximum absolute atomic E-state index is 9.57. The van der Waals surface area contributed by atoms with Crippen molar-refractivity contribution in [2.24, 2.45) is 5.73 Å². The van der Waals surface area contributed by atoms with E-state index in [0.29, 0.717) is 0 Å². The lowest BCUT2D eigenvalue weighted by Crippen LogP contribution is -2.25. The fourth-order valence-corrected chi connectivity index (χ4v) is 0. The third-order valence-corrected chi connectivity index (χ3v) is 0.390. The fourth-order valence-electron chi connectivity index (χ4n) is 0. The highest BCUT2D eigenvalue weighted by Gasteiger charge is 1.99. The van der Waals surface area contributed by atoms with E-state index in [1.54, 1.807) is 0 Å². The highest BCUT2D eigenvalue weighted by molar-refractivity contribution is 5.72. The van der Waals surface area contributed by atoms with Crippen LogP contribution in [0.2, 0.25) is 0 Å². The van der Waals surface area contributed by atoms with E-state index in [0.717, 1.165) is 0 Å². The minimum absolute atomic E-state index is 0. The van der Waals surface area contributed by atoms with Crippen LogP contribution in [0, 0.1) is 0 Å². The van der Waals surface area contributed by atoms with E-state index in [-0.39, 0.29) is 7.43 Å². The van der Waals surface area contributed by atoms with Gasteiger partial charge >= 0.3 is 5.97 Å². The molecule has 0 bridgehead atoms. The first-order valence-electron chi connectivity index (χ1n) is 1.63. The van der Waals surface area contributed by atoms with Gasteiger partial charge in [-0.1, -0.05) is 7.43 Å². The van der Waals surface area contributed by atoms with E-state index >= 15 is 0 Å². The number of carboxylic acid groups (broad SMARTS) is 1. The van der Waals surface area contributed by atoms with Crippen LogP contribution in [0.25, 0.3) is 0 Å². The van der Waals surface area contributed by atoms with E-state index in [9.17, 15) is 4.79 Å². The van der Waals surface area contributed by atoms with Crippen LogP contribution in [0.4, 0.5) is 0 Å². The number of carboxylic acids is 1. The van der Waals surface area contributed by atoms with Crippen LogP contribution in [0.3, 0.4) is 0 Å². The Morgan fingerprint density at radius 2 is 2.00 bits per heavy atom. The maximum atomic E-state index is 9.57. The van der Waals surface area contributed by atoms with Crippen LogP contribution in [0.15, 0.2) is 0 Å². The van der Waals surface area contributed by atoms with Crippen molar-refractivity contribution in [3.63, 3.8) is 0 Å². The van der Waals surface area contributed by atoms with Crippen LogP contribution in [-0.4, -0.2) is 17.1 Å². The minimum atomic E-state index is -0.963. The van der Waals surface area contributed by atoms with Crippen molar-refractivity contribution in [2.75, 3.05) is 0 Å². The zero-order chi connectivity index (χ0) is 5.15. The fraction of sp³-hybridized carbons (Fsp3) is 0.750. The maximum Gasteiger partial charge on any atom is 0.320 e. The molecular weight excluding hydrogens is 94.0 g/mol. The average molecular weight is 105 g/mol. The van der Waals surface area contributed by atoms with Crippen molar-refractivity contribution >= 4 is 5.97 Å². The van der Waals surface area contributed by atoms with E-state index < -0.39 is 12.0 Å². The molecule has 0 aromatic carbocycles. The molecule has 0 rings (SSSR count). The Morgan fingerprint density at radius 3 is 2.00 bits per heavy atom. The molecule has 0 unspecified atom stereocenters. The highest BCUT2D eigenvalue weighted by Crippen LogP contribution is 1.68. The van der Waals surface area contributed by atoms with Crippen molar-refractivity contribution in [2.45, 2.75) is 20.4 Å². The summed E-state index contributed by atoms with van der Waals surface area (Å²) in [7, 11) is 0. The number of nitrogens with two attached hydrogens (primary N) is 1. The monoisotopic (exact) mass is 105 g/mol. The quantitative estimate of drug-likeness (QED) is 0.495. The molecule has 0 saturated heterocycles. The number of rotatable bonds is 1. The normalized spacial score (nSPS) is 11.7. The lowest BCUT2D eigenvalue weighted by Gasteiger charge is -1.90. The molecule has 0 aromatic rings. The van der Waals surface area contributed by atoms with Gasteiger partial charge < -0.3 is 10.8 Å². The molecule has 0 radical (unpaired) electrons. The Kier molecular flexibility index (Phi) is 4.99. The van der Waals surface area contributed by atoms with Gasteiger partial charge in [0.25, 0.3) is 0 Å². The first kappa shape index (κ1) is 9.66. The largest absolute Gasteiger partial charge is 0.480 e. The van der Waals surface area contributed by atoms with Crippen molar-refractivity contribution in [1.82, 2.24) is 0 Å². The third kappa shape index (κ3) is 5.43. The third-order valence-electron chi connectivity index (χ3n) is 0.390. The van der Waals surface area contributed by atoms with Gasteiger partial charge in [-0.2, -0.15) is 0 Å². The average Bonchev–Trinajstić information content (AvgIpc) is 1.36. The van der Waals surface area contributed by atoms with Gasteiger partial charge in [-0.3, -0.25) is 4.79 Å². The first-order chi connectivity index (χ1) is 2.64. The molecule has 7 heavy (non-hydrogen) atoms. The van der Waals surface area contributed by atoms with Gasteiger partial charge in [0.2, 0.25) is 0 Å². The van der Waals surface area contributed by atoms with Crippen molar-refractivity contribution in [1.29, 1.82) is 0 Å². The van der Waals surface area contributed by atoms with Crippen LogP contribution in [-0.2, 0) is 4.79 Å². The van der Waals surface area contributed by atoms with Gasteiger partial charge in [-0.05, 0) is 6.92 Å². The Balaban J connectivity index is 0. The SMILES string of the molecule is C.C[C@H](N)C(=O)O. The second-order valence-electron chi connectivity index (χ2n) is 1.13. The van der Waals surface area contributed by atoms with Gasteiger partial charge in [0, 0.05) is 0 Å². The molecule has 0 heterocycles. The van der Waals surface area contributed by atoms with Crippen molar-refractivity contribution in [3.05, 3.63) is 0 Å². The van der Waals surface area contributed by atoms with Gasteiger partial charge in [0.15, 0.2) is 0 Å². The topological polar surface area (TPSA) is 63.3 Å². The summed E-state index contributed by atoms with van der Waals surface area (Å²) in [6.07, 6.45) is 0. The van der Waals surface area contributed by atoms with E-state index in [1.807, 2.05) is 0 Å². The van der Waals surface area contributed by atoms with Crippen LogP contribution >= 0.6 is 0 Å². The highest BCUT2D eigenvalue weighted by atomic mass is 16.4. The number of hydrogen-bond acceptors (Lipinski definition) is 2. The molecule has 0 amide bonds. The molecule has 3 heteroatoms. The molecule has 0 fully saturated rings. The standard InChI is InChI=1S/C3H7NO2.CH4/c1-2(4)3(5)6;/h2H,4H2,1H3,(H,5,6);1H4/t2-;/m0./s1. The predicted octanol–water partition coefficient (Wildman–Crippen LogP) is 0.0543. The summed E-state index contributed by atoms with van der Waals surface area (Å²) in [5.41, 5.74) is 4.84. The molecule has 44 valence electrons. The van der Waals surface area contributed by atoms with Gasteiger partial charge in [-0.25, -0.2) is 0 Å². The molecule has 0 aliphatic heterocycles. The van der Waals surface area contributed by atoms with Crippen molar-refractivity contribution in [3.8, 4) is 0 Å². The molecule has 1 atom stereocenters. The molecule has 0 aliphatic carbocycles. The summed E-state index contributed by atoms with van der Waals surface area (Å²) in [6, 6.07) is -0.731. The van der Waals surface area contributed by atoms with Crippen LogP contribution < -0.4 is 5.73 Å². The number of carbonyl (C=O) groups is 1. The summed E-state index contributed by atoms with van der Waals surface area (Å²) in [5, 5.41) is 7.87. The van der Waals surface area contributed by atoms with E-state index in [4.69, 9.17) is 10.8 Å². The Hall–Kier alpha value is -0.570. The lowest BCUT2D eigenvalue weighted by atomic mass is 10.4. The summed E-state index contributed by atoms with van der Waals surface area (Å²) < 4.78 is 0. The van der Waals surface area contributed by atoms with Crippen LogP contribution in [0.5, 0.6) is 0 Å². The molecule has 0 spiro atoms. The summed E-state index contributed by atoms with van der Waals surface area (Å²) in [4.78, 5) is 9.57. The number of hydrogen-bond donors (Lipinski definition) is 2. The van der Waals surface area contributed by atoms with E-state index in [1.165, 1.54) is 6.92 Å². The Bertz CT molecular complexity index is 60.7. The van der Waals surface area contributed by atoms with Crippen molar-refractivity contribution < 1.29 is 9.90 Å². The minimum Gasteiger partial charge on any atom is -0.480 e. The molecule has 3 nitrogen and oxygen atoms in total. The first-order valence-corrected chi connectivity index (χ1v) is 1.63. The molecule has 3 N–H and O–H groups in total. The molecule has 0 aliphatic rings. The molecular formula is C4H11NO2. The zero-order valence-corrected chi connectivity index (χ0v) is 3.51. The lowest BCUT2D eigenvalue weighted by molar-refractivity contribution is -0.138. The van der Waals surface area contributed by atoms with Gasteiger partial charge in [0.05, 0.1) is 0 Å². The number of aliphatic carboxylic acids is 1. The van der Waals surface area contributed by atoms with Crippen LogP contribution in [0.1, 0.15) is 14.4 Å². The second-order valence-corrected chi connectivity index (χ2v) is 1.13. The van der Waals surface area contributed by atoms with Gasteiger partial charge in [0.1, 0.15) is 6.04 Å². The zero-order valence-electron chi connectivity index (χ0n) is 3.51.